The van der Waals surface area contributed by atoms with Crippen LogP contribution in [0.2, 0.25) is 10.0 Å². The van der Waals surface area contributed by atoms with Gasteiger partial charge in [0.2, 0.25) is 11.8 Å². The fourth-order valence-corrected chi connectivity index (χ4v) is 2.87. The molecule has 1 amide bonds. The zero-order chi connectivity index (χ0) is 15.2. The Morgan fingerprint density at radius 2 is 2.13 bits per heavy atom. The molecule has 1 fully saturated rings. The number of rotatable bonds is 5. The van der Waals surface area contributed by atoms with Gasteiger partial charge >= 0.3 is 0 Å². The van der Waals surface area contributed by atoms with E-state index >= 15 is 0 Å². The first-order valence-corrected chi connectivity index (χ1v) is 7.79. The predicted molar refractivity (Wildman–Crippen MR) is 97.2 cm³/mol. The van der Waals surface area contributed by atoms with Crippen LogP contribution < -0.4 is 15.8 Å². The van der Waals surface area contributed by atoms with Gasteiger partial charge in [-0.15, -0.1) is 24.8 Å². The molecule has 0 spiro atoms. The number of halogens is 4. The van der Waals surface area contributed by atoms with Crippen LogP contribution in [0.1, 0.15) is 25.7 Å². The van der Waals surface area contributed by atoms with Crippen LogP contribution in [0, 0.1) is 5.92 Å². The minimum Gasteiger partial charge on any atom is -0.475 e. The minimum absolute atomic E-state index is 0. The van der Waals surface area contributed by atoms with Crippen LogP contribution in [-0.4, -0.2) is 30.1 Å². The fourth-order valence-electron chi connectivity index (χ4n) is 2.44. The maximum atomic E-state index is 12.0. The van der Waals surface area contributed by atoms with E-state index in [1.54, 1.807) is 6.07 Å². The van der Waals surface area contributed by atoms with Crippen molar-refractivity contribution in [3.63, 3.8) is 0 Å². The molecule has 0 radical (unpaired) electrons. The lowest BCUT2D eigenvalue weighted by Gasteiger charge is -2.25. The van der Waals surface area contributed by atoms with E-state index in [0.29, 0.717) is 29.1 Å². The largest absolute Gasteiger partial charge is 0.475 e. The lowest BCUT2D eigenvalue weighted by molar-refractivity contribution is -0.126. The molecular weight excluding hydrogens is 384 g/mol. The Hall–Kier alpha value is -0.460. The monoisotopic (exact) mass is 403 g/mol. The zero-order valence-electron chi connectivity index (χ0n) is 12.5. The maximum absolute atomic E-state index is 12.0. The molecule has 2 unspecified atom stereocenters. The quantitative estimate of drug-likeness (QED) is 0.738. The smallest absolute Gasteiger partial charge is 0.232 e. The number of nitrogens with one attached hydrogen (secondary N) is 1. The summed E-state index contributed by atoms with van der Waals surface area (Å²) in [4.78, 5) is 16.0. The lowest BCUT2D eigenvalue weighted by atomic mass is 9.85. The third kappa shape index (κ3) is 7.31. The van der Waals surface area contributed by atoms with Crippen molar-refractivity contribution in [2.45, 2.75) is 31.7 Å². The number of carbonyl (C=O) groups excluding carboxylic acids is 1. The number of nitrogens with two attached hydrogens (primary N) is 1. The van der Waals surface area contributed by atoms with Crippen LogP contribution in [0.15, 0.2) is 12.3 Å². The van der Waals surface area contributed by atoms with E-state index in [9.17, 15) is 4.79 Å². The number of pyridine rings is 1. The minimum atomic E-state index is 0. The molecule has 23 heavy (non-hydrogen) atoms. The highest BCUT2D eigenvalue weighted by molar-refractivity contribution is 6.35. The maximum Gasteiger partial charge on any atom is 0.232 e. The van der Waals surface area contributed by atoms with Gasteiger partial charge in [0.25, 0.3) is 0 Å². The molecule has 1 aliphatic carbocycles. The van der Waals surface area contributed by atoms with Crippen LogP contribution in [0.3, 0.4) is 0 Å². The van der Waals surface area contributed by atoms with Crippen molar-refractivity contribution >= 4 is 53.9 Å². The molecule has 5 nitrogen and oxygen atoms in total. The number of amides is 1. The normalized spacial score (nSPS) is 20.0. The summed E-state index contributed by atoms with van der Waals surface area (Å²) in [5.41, 5.74) is 5.88. The van der Waals surface area contributed by atoms with E-state index in [0.717, 1.165) is 25.7 Å². The van der Waals surface area contributed by atoms with Gasteiger partial charge < -0.3 is 15.8 Å². The molecular formula is C14H21Cl4N3O2. The van der Waals surface area contributed by atoms with E-state index in [1.165, 1.54) is 6.20 Å². The van der Waals surface area contributed by atoms with Crippen LogP contribution in [0.5, 0.6) is 5.88 Å². The van der Waals surface area contributed by atoms with Gasteiger partial charge in [-0.05, 0) is 25.3 Å². The second-order valence-corrected chi connectivity index (χ2v) is 6.05. The molecule has 0 bridgehead atoms. The van der Waals surface area contributed by atoms with Gasteiger partial charge in [-0.1, -0.05) is 29.6 Å². The molecule has 0 aliphatic heterocycles. The summed E-state index contributed by atoms with van der Waals surface area (Å²) in [5, 5.41) is 3.66. The number of nitrogens with zero attached hydrogens (tertiary/aromatic N) is 1. The van der Waals surface area contributed by atoms with E-state index in [-0.39, 0.29) is 42.7 Å². The van der Waals surface area contributed by atoms with Crippen molar-refractivity contribution in [2.24, 2.45) is 11.7 Å². The SMILES string of the molecule is Cl.Cl.NC1CCCC(C(=O)NCCOc2ncc(Cl)cc2Cl)C1. The van der Waals surface area contributed by atoms with Crippen LogP contribution in [0.25, 0.3) is 0 Å². The summed E-state index contributed by atoms with van der Waals surface area (Å²) in [5.74, 6) is 0.380. The Kier molecular flexibility index (Phi) is 10.9. The highest BCUT2D eigenvalue weighted by Crippen LogP contribution is 2.24. The first kappa shape index (κ1) is 22.5. The molecule has 9 heteroatoms. The average molecular weight is 405 g/mol. The van der Waals surface area contributed by atoms with Gasteiger partial charge in [0.1, 0.15) is 11.6 Å². The van der Waals surface area contributed by atoms with Gasteiger partial charge in [0.15, 0.2) is 0 Å². The Labute approximate surface area is 158 Å². The summed E-state index contributed by atoms with van der Waals surface area (Å²) in [6.45, 7) is 0.712. The lowest BCUT2D eigenvalue weighted by Crippen LogP contribution is -2.39. The predicted octanol–water partition coefficient (Wildman–Crippen LogP) is 3.24. The molecule has 1 saturated carbocycles. The molecule has 1 aromatic heterocycles. The van der Waals surface area contributed by atoms with Crippen molar-refractivity contribution in [3.05, 3.63) is 22.3 Å². The summed E-state index contributed by atoms with van der Waals surface area (Å²) >= 11 is 11.7. The number of hydrogen-bond acceptors (Lipinski definition) is 4. The number of ether oxygens (including phenoxy) is 1. The van der Waals surface area contributed by atoms with E-state index in [2.05, 4.69) is 10.3 Å². The second kappa shape index (κ2) is 11.2. The van der Waals surface area contributed by atoms with E-state index < -0.39 is 0 Å². The molecule has 3 N–H and O–H groups in total. The molecule has 0 saturated heterocycles. The topological polar surface area (TPSA) is 77.2 Å². The van der Waals surface area contributed by atoms with Crippen molar-refractivity contribution in [1.82, 2.24) is 10.3 Å². The standard InChI is InChI=1S/C14H19Cl2N3O2.2ClH/c15-10-7-12(16)14(19-8-10)21-5-4-18-13(20)9-2-1-3-11(17)6-9;;/h7-9,11H,1-6,17H2,(H,18,20);2*1H. The molecule has 1 heterocycles. The van der Waals surface area contributed by atoms with Crippen LogP contribution in [-0.2, 0) is 4.79 Å². The van der Waals surface area contributed by atoms with Gasteiger partial charge in [0.05, 0.1) is 11.6 Å². The van der Waals surface area contributed by atoms with Gasteiger partial charge in [0, 0.05) is 18.2 Å². The highest BCUT2D eigenvalue weighted by Gasteiger charge is 2.24. The summed E-state index contributed by atoms with van der Waals surface area (Å²) in [6, 6.07) is 1.70. The summed E-state index contributed by atoms with van der Waals surface area (Å²) in [6.07, 6.45) is 5.15. The molecule has 1 aromatic rings. The van der Waals surface area contributed by atoms with Gasteiger partial charge in [-0.3, -0.25) is 4.79 Å². The zero-order valence-corrected chi connectivity index (χ0v) is 15.6. The highest BCUT2D eigenvalue weighted by atomic mass is 35.5. The first-order valence-electron chi connectivity index (χ1n) is 7.03. The molecule has 132 valence electrons. The van der Waals surface area contributed by atoms with Gasteiger partial charge in [-0.2, -0.15) is 0 Å². The Bertz CT molecular complexity index is 505. The van der Waals surface area contributed by atoms with Crippen molar-refractivity contribution in [1.29, 1.82) is 0 Å². The van der Waals surface area contributed by atoms with Crippen molar-refractivity contribution < 1.29 is 9.53 Å². The van der Waals surface area contributed by atoms with Crippen LogP contribution >= 0.6 is 48.0 Å². The van der Waals surface area contributed by atoms with Crippen LogP contribution in [0.4, 0.5) is 0 Å². The summed E-state index contributed by atoms with van der Waals surface area (Å²) < 4.78 is 5.41. The second-order valence-electron chi connectivity index (χ2n) is 5.20. The molecule has 0 aromatic carbocycles. The van der Waals surface area contributed by atoms with Crippen molar-refractivity contribution in [3.8, 4) is 5.88 Å². The third-order valence-corrected chi connectivity index (χ3v) is 3.98. The first-order chi connectivity index (χ1) is 10.1. The van der Waals surface area contributed by atoms with E-state index in [1.807, 2.05) is 0 Å². The molecule has 1 aliphatic rings. The Morgan fingerprint density at radius 3 is 2.78 bits per heavy atom. The molecule has 2 atom stereocenters. The Morgan fingerprint density at radius 1 is 1.39 bits per heavy atom. The van der Waals surface area contributed by atoms with Gasteiger partial charge in [-0.25, -0.2) is 4.98 Å². The van der Waals surface area contributed by atoms with Crippen molar-refractivity contribution in [2.75, 3.05) is 13.2 Å². The number of carbonyl (C=O) groups is 1. The average Bonchev–Trinajstić information content (AvgIpc) is 2.45. The number of aromatic nitrogens is 1. The number of hydrogen-bond donors (Lipinski definition) is 2. The molecule has 2 rings (SSSR count). The Balaban J connectivity index is 0.00000242. The summed E-state index contributed by atoms with van der Waals surface area (Å²) in [7, 11) is 0. The fraction of sp³-hybridized carbons (Fsp3) is 0.571. The van der Waals surface area contributed by atoms with E-state index in [4.69, 9.17) is 33.7 Å². The third-order valence-electron chi connectivity index (χ3n) is 3.50.